The molecule has 84 heavy (non-hydrogen) atoms. The Balaban J connectivity index is 1.88. The van der Waals surface area contributed by atoms with Gasteiger partial charge in [0.1, 0.15) is 5.78 Å². The molecule has 0 heterocycles. The molecule has 0 radical (unpaired) electrons. The van der Waals surface area contributed by atoms with Crippen LogP contribution in [0.4, 0.5) is 140 Å². The van der Waals surface area contributed by atoms with Gasteiger partial charge < -0.3 is 18.9 Å². The van der Waals surface area contributed by atoms with E-state index in [2.05, 4.69) is 0 Å². The number of fused-ring (bicyclic) bond motifs is 1. The number of esters is 1. The van der Waals surface area contributed by atoms with Gasteiger partial charge in [0.05, 0.1) is 32.5 Å². The smallest absolute Gasteiger partial charge is 0.384 e. The molecule has 0 spiro atoms. The Morgan fingerprint density at radius 2 is 0.798 bits per heavy atom. The number of hydrogen-bond donors (Lipinski definition) is 0. The minimum atomic E-state index is -8.69. The number of carbonyl (C=O) groups is 2. The summed E-state index contributed by atoms with van der Waals surface area (Å²) in [5, 5.41) is 1.34. The van der Waals surface area contributed by atoms with Crippen molar-refractivity contribution in [3.05, 3.63) is 65.7 Å². The number of ether oxygens (including phenoxy) is 4. The third-order valence-corrected chi connectivity index (χ3v) is 12.1. The van der Waals surface area contributed by atoms with E-state index in [0.717, 1.165) is 0 Å². The monoisotopic (exact) mass is 1290 g/mol. The van der Waals surface area contributed by atoms with Gasteiger partial charge in [0.2, 0.25) is 5.75 Å². The maximum atomic E-state index is 14.5. The molecule has 38 heteroatoms. The lowest BCUT2D eigenvalue weighted by Crippen LogP contribution is -2.73. The van der Waals surface area contributed by atoms with E-state index in [1.54, 1.807) is 42.5 Å². The molecular weight excluding hydrogens is 1260 g/mol. The predicted octanol–water partition coefficient (Wildman–Crippen LogP) is 16.7. The fourth-order valence-corrected chi connectivity index (χ4v) is 7.11. The first-order valence-corrected chi connectivity index (χ1v) is 22.7. The van der Waals surface area contributed by atoms with E-state index in [0.29, 0.717) is 35.6 Å². The summed E-state index contributed by atoms with van der Waals surface area (Å²) in [6, 6.07) is 12.6. The number of Topliss-reactive ketones (excluding diaryl/α,β-unsaturated/α-hetero) is 1. The lowest BCUT2D eigenvalue weighted by atomic mass is 9.88. The highest BCUT2D eigenvalue weighted by Gasteiger charge is 2.95. The minimum Gasteiger partial charge on any atom is -0.490 e. The average Bonchev–Trinajstić information content (AvgIpc) is 0.772. The molecule has 3 aromatic rings. The number of halogens is 32. The van der Waals surface area contributed by atoms with Gasteiger partial charge in [-0.2, -0.15) is 123 Å². The van der Waals surface area contributed by atoms with Crippen LogP contribution in [0.3, 0.4) is 0 Å². The van der Waals surface area contributed by atoms with Crippen LogP contribution in [0.1, 0.15) is 60.9 Å². The number of ketones is 1. The molecule has 0 aromatic heterocycles. The predicted molar refractivity (Wildman–Crippen MR) is 221 cm³/mol. The van der Waals surface area contributed by atoms with Crippen LogP contribution in [0.5, 0.6) is 17.2 Å². The van der Waals surface area contributed by atoms with Crippen LogP contribution in [0.2, 0.25) is 0 Å². The molecule has 0 N–H and O–H groups in total. The van der Waals surface area contributed by atoms with E-state index in [4.69, 9.17) is 18.9 Å². The molecule has 0 aliphatic rings. The van der Waals surface area contributed by atoms with E-state index in [1.165, 1.54) is 0 Å². The Kier molecular flexibility index (Phi) is 21.2. The molecule has 3 rings (SSSR count). The van der Waals surface area contributed by atoms with Gasteiger partial charge in [-0.1, -0.05) is 42.5 Å². The van der Waals surface area contributed by atoms with E-state index < -0.39 is 195 Å². The zero-order chi connectivity index (χ0) is 65.3. The second-order valence-corrected chi connectivity index (χ2v) is 17.9. The van der Waals surface area contributed by atoms with E-state index in [-0.39, 0.29) is 6.42 Å². The SMILES string of the molecule is COc1c(OCCCCC(F)(F)C(F)(F)C(F)(F)C(F)(F)C(F)(F)C(F)(F)C(F)(F)C(F)F)cc(C(=O)OCCC(=O)Cc2cccc3ccccc23)cc1OCCCCC(F)(F)C(F)(F)C(F)(F)C(F)(F)C(F)(F)C(F)(F)C(F)(F)C(F)F. The standard InChI is InChI=1S/C46H36F32O6/c1-81-29-27(82-16-6-4-14-33(51,52)37(59,60)41(67,68)45(75,76)43(71,72)39(63,64)35(55,56)31(47)48)20-24(30(80)84-18-13-25(79)19-23-11-8-10-22-9-2-3-12-26(22)23)21-28(29)83-17-7-5-15-34(53,54)38(61,62)42(69,70)46(77,78)44(73,74)40(65,66)36(57,58)32(49)50/h2-3,8-12,20-21,31-32H,4-7,13-19H2,1H3. The Bertz CT molecular complexity index is 2620. The van der Waals surface area contributed by atoms with Crippen LogP contribution in [-0.2, 0) is 16.0 Å². The summed E-state index contributed by atoms with van der Waals surface area (Å²) < 4.78 is 461. The molecule has 6 nitrogen and oxygen atoms in total. The summed E-state index contributed by atoms with van der Waals surface area (Å²) in [6.45, 7) is -3.33. The van der Waals surface area contributed by atoms with Crippen molar-refractivity contribution in [1.82, 2.24) is 0 Å². The van der Waals surface area contributed by atoms with E-state index >= 15 is 0 Å². The summed E-state index contributed by atoms with van der Waals surface area (Å²) in [6.07, 6.45) is -24.6. The molecular formula is C46H36F32O6. The normalized spacial score (nSPS) is 14.6. The Morgan fingerprint density at radius 3 is 1.18 bits per heavy atom. The van der Waals surface area contributed by atoms with Gasteiger partial charge in [0.25, 0.3) is 0 Å². The van der Waals surface area contributed by atoms with Crippen LogP contribution in [0.25, 0.3) is 10.8 Å². The van der Waals surface area contributed by atoms with Gasteiger partial charge in [-0.25, -0.2) is 22.4 Å². The first-order valence-electron chi connectivity index (χ1n) is 22.7. The average molecular weight is 1290 g/mol. The zero-order valence-electron chi connectivity index (χ0n) is 41.2. The van der Waals surface area contributed by atoms with Crippen molar-refractivity contribution in [2.75, 3.05) is 26.9 Å². The summed E-state index contributed by atoms with van der Waals surface area (Å²) in [7, 11) is 0.647. The van der Waals surface area contributed by atoms with Crippen molar-refractivity contribution in [2.45, 2.75) is 147 Å². The summed E-state index contributed by atoms with van der Waals surface area (Å²) in [5.74, 6) is -118. The number of alkyl halides is 32. The number of unbranched alkanes of at least 4 members (excludes halogenated alkanes) is 2. The summed E-state index contributed by atoms with van der Waals surface area (Å²) >= 11 is 0. The number of hydrogen-bond acceptors (Lipinski definition) is 6. The zero-order valence-corrected chi connectivity index (χ0v) is 41.2. The highest BCUT2D eigenvalue weighted by atomic mass is 19.4. The first-order chi connectivity index (χ1) is 37.7. The molecule has 480 valence electrons. The van der Waals surface area contributed by atoms with Crippen molar-refractivity contribution in [3.63, 3.8) is 0 Å². The molecule has 0 saturated carbocycles. The van der Waals surface area contributed by atoms with Crippen LogP contribution < -0.4 is 14.2 Å². The maximum Gasteiger partial charge on any atom is 0.384 e. The van der Waals surface area contributed by atoms with Gasteiger partial charge in [0, 0.05) is 25.7 Å². The number of carbonyl (C=O) groups excluding carboxylic acids is 2. The molecule has 0 bridgehead atoms. The van der Waals surface area contributed by atoms with Crippen LogP contribution >= 0.6 is 0 Å². The molecule has 0 unspecified atom stereocenters. The largest absolute Gasteiger partial charge is 0.490 e. The number of methoxy groups -OCH3 is 1. The molecule has 0 atom stereocenters. The highest BCUT2D eigenvalue weighted by molar-refractivity contribution is 5.92. The van der Waals surface area contributed by atoms with Crippen molar-refractivity contribution >= 4 is 22.5 Å². The molecule has 0 saturated heterocycles. The Labute approximate surface area is 448 Å². The second kappa shape index (κ2) is 24.5. The van der Waals surface area contributed by atoms with Crippen molar-refractivity contribution < 1.29 is 169 Å². The molecule has 0 aliphatic carbocycles. The van der Waals surface area contributed by atoms with Gasteiger partial charge >= 0.3 is 102 Å². The van der Waals surface area contributed by atoms with Gasteiger partial charge in [-0.05, 0) is 54.2 Å². The lowest BCUT2D eigenvalue weighted by Gasteiger charge is -2.42. The van der Waals surface area contributed by atoms with Crippen LogP contribution in [-0.4, -0.2) is 134 Å². The van der Waals surface area contributed by atoms with Gasteiger partial charge in [-0.3, -0.25) is 4.79 Å². The van der Waals surface area contributed by atoms with Crippen molar-refractivity contribution in [2.24, 2.45) is 0 Å². The first kappa shape index (κ1) is 72.5. The Hall–Kier alpha value is -5.78. The van der Waals surface area contributed by atoms with Crippen LogP contribution in [0, 0.1) is 0 Å². The summed E-state index contributed by atoms with van der Waals surface area (Å²) in [5.41, 5.74) is -0.358. The number of benzene rings is 3. The fourth-order valence-electron chi connectivity index (χ4n) is 7.11. The number of rotatable bonds is 33. The topological polar surface area (TPSA) is 71.1 Å². The molecule has 0 aliphatic heterocycles. The maximum absolute atomic E-state index is 14.5. The van der Waals surface area contributed by atoms with Crippen molar-refractivity contribution in [3.8, 4) is 17.2 Å². The summed E-state index contributed by atoms with van der Waals surface area (Å²) in [4.78, 5) is 26.0. The van der Waals surface area contributed by atoms with Crippen LogP contribution in [0.15, 0.2) is 54.6 Å². The van der Waals surface area contributed by atoms with Crippen molar-refractivity contribution in [1.29, 1.82) is 0 Å². The second-order valence-electron chi connectivity index (χ2n) is 17.9. The van der Waals surface area contributed by atoms with E-state index in [9.17, 15) is 150 Å². The van der Waals surface area contributed by atoms with Gasteiger partial charge in [-0.15, -0.1) is 0 Å². The quantitative estimate of drug-likeness (QED) is 0.0344. The van der Waals surface area contributed by atoms with Gasteiger partial charge in [0.15, 0.2) is 11.5 Å². The minimum absolute atomic E-state index is 0.256. The van der Waals surface area contributed by atoms with E-state index in [1.807, 2.05) is 0 Å². The fraction of sp³-hybridized carbons (Fsp3) is 0.609. The lowest BCUT2D eigenvalue weighted by molar-refractivity contribution is -0.447. The molecule has 0 fully saturated rings. The third-order valence-electron chi connectivity index (χ3n) is 12.1. The molecule has 3 aromatic carbocycles. The third kappa shape index (κ3) is 12.6. The Morgan fingerprint density at radius 1 is 0.440 bits per heavy atom. The highest BCUT2D eigenvalue weighted by Crippen LogP contribution is 2.65. The molecule has 0 amide bonds.